The molecule has 7 aromatic carbocycles. The van der Waals surface area contributed by atoms with Crippen molar-refractivity contribution in [2.75, 3.05) is 0 Å². The lowest BCUT2D eigenvalue weighted by molar-refractivity contribution is 1.07. The van der Waals surface area contributed by atoms with Crippen molar-refractivity contribution in [1.29, 1.82) is 0 Å². The molecule has 0 saturated heterocycles. The molecule has 9 aromatic rings. The van der Waals surface area contributed by atoms with Gasteiger partial charge >= 0.3 is 0 Å². The molecule has 3 nitrogen and oxygen atoms in total. The molecule has 4 heteroatoms. The Kier molecular flexibility index (Phi) is 6.65. The van der Waals surface area contributed by atoms with Gasteiger partial charge in [-0.3, -0.25) is 0 Å². The van der Waals surface area contributed by atoms with Crippen molar-refractivity contribution in [3.8, 4) is 56.4 Å². The maximum atomic E-state index is 5.13. The first kappa shape index (κ1) is 27.3. The first-order valence-electron chi connectivity index (χ1n) is 15.7. The fourth-order valence-electron chi connectivity index (χ4n) is 6.43. The number of hydrogen-bond donors (Lipinski definition) is 0. The highest BCUT2D eigenvalue weighted by Crippen LogP contribution is 2.45. The van der Waals surface area contributed by atoms with E-state index in [1.807, 2.05) is 47.7 Å². The van der Waals surface area contributed by atoms with Gasteiger partial charge in [0.05, 0.1) is 0 Å². The topological polar surface area (TPSA) is 38.7 Å². The van der Waals surface area contributed by atoms with Crippen molar-refractivity contribution in [2.24, 2.45) is 0 Å². The molecule has 2 heterocycles. The van der Waals surface area contributed by atoms with Crippen LogP contribution in [0.1, 0.15) is 0 Å². The second-order valence-corrected chi connectivity index (χ2v) is 12.7. The van der Waals surface area contributed by atoms with Gasteiger partial charge in [0.2, 0.25) is 0 Å². The van der Waals surface area contributed by atoms with Gasteiger partial charge in [0.25, 0.3) is 0 Å². The minimum absolute atomic E-state index is 0.655. The molecular formula is C43H27N3S. The highest BCUT2D eigenvalue weighted by molar-refractivity contribution is 7.26. The van der Waals surface area contributed by atoms with Gasteiger partial charge < -0.3 is 0 Å². The fourth-order valence-corrected chi connectivity index (χ4v) is 7.54. The van der Waals surface area contributed by atoms with Gasteiger partial charge in [-0.05, 0) is 51.7 Å². The van der Waals surface area contributed by atoms with E-state index in [0.29, 0.717) is 17.5 Å². The van der Waals surface area contributed by atoms with Crippen LogP contribution in [0.4, 0.5) is 0 Å². The van der Waals surface area contributed by atoms with E-state index in [2.05, 4.69) is 127 Å². The average Bonchev–Trinajstić information content (AvgIpc) is 3.54. The molecule has 0 spiro atoms. The van der Waals surface area contributed by atoms with E-state index in [0.717, 1.165) is 27.8 Å². The van der Waals surface area contributed by atoms with Crippen LogP contribution in [0.3, 0.4) is 0 Å². The molecule has 0 bridgehead atoms. The standard InChI is InChI=1S/C43H27N3S/c1-3-12-31(13-4-1)41-44-42(32-14-5-2-6-15-32)46-43(45-41)36-25-26-38-40(35-17-9-10-18-37(35)47-38)39(36)30-22-19-29(20-23-30)34-24-21-28-11-7-8-16-33(28)27-34/h1-27H. The number of aromatic nitrogens is 3. The zero-order chi connectivity index (χ0) is 31.2. The maximum Gasteiger partial charge on any atom is 0.164 e. The predicted octanol–water partition coefficient (Wildman–Crippen LogP) is 11.7. The quantitative estimate of drug-likeness (QED) is 0.193. The molecule has 0 aliphatic carbocycles. The van der Waals surface area contributed by atoms with E-state index >= 15 is 0 Å². The summed E-state index contributed by atoms with van der Waals surface area (Å²) >= 11 is 1.82. The number of benzene rings is 7. The normalized spacial score (nSPS) is 11.4. The number of nitrogens with zero attached hydrogens (tertiary/aromatic N) is 3. The number of fused-ring (bicyclic) bond motifs is 4. The highest BCUT2D eigenvalue weighted by Gasteiger charge is 2.20. The van der Waals surface area contributed by atoms with Crippen LogP contribution in [-0.4, -0.2) is 15.0 Å². The largest absolute Gasteiger partial charge is 0.208 e. The minimum atomic E-state index is 0.655. The Morgan fingerprint density at radius 3 is 1.66 bits per heavy atom. The summed E-state index contributed by atoms with van der Waals surface area (Å²) in [6.45, 7) is 0. The van der Waals surface area contributed by atoms with Crippen LogP contribution in [0, 0.1) is 0 Å². The average molecular weight is 618 g/mol. The summed E-state index contributed by atoms with van der Waals surface area (Å²) in [4.78, 5) is 15.2. The van der Waals surface area contributed by atoms with Gasteiger partial charge in [0.15, 0.2) is 17.5 Å². The van der Waals surface area contributed by atoms with Crippen molar-refractivity contribution >= 4 is 42.3 Å². The molecule has 2 aromatic heterocycles. The van der Waals surface area contributed by atoms with E-state index in [1.54, 1.807) is 0 Å². The van der Waals surface area contributed by atoms with Crippen molar-refractivity contribution in [3.63, 3.8) is 0 Å². The molecule has 47 heavy (non-hydrogen) atoms. The lowest BCUT2D eigenvalue weighted by atomic mass is 9.92. The van der Waals surface area contributed by atoms with Gasteiger partial charge in [-0.25, -0.2) is 15.0 Å². The Labute approximate surface area is 276 Å². The molecule has 0 amide bonds. The zero-order valence-electron chi connectivity index (χ0n) is 25.3. The van der Waals surface area contributed by atoms with Crippen LogP contribution in [-0.2, 0) is 0 Å². The van der Waals surface area contributed by atoms with E-state index in [1.165, 1.54) is 42.1 Å². The summed E-state index contributed by atoms with van der Waals surface area (Å²) in [7, 11) is 0. The smallest absolute Gasteiger partial charge is 0.164 e. The Balaban J connectivity index is 1.27. The monoisotopic (exact) mass is 617 g/mol. The van der Waals surface area contributed by atoms with Crippen LogP contribution >= 0.6 is 11.3 Å². The summed E-state index contributed by atoms with van der Waals surface area (Å²) in [5.41, 5.74) is 7.54. The van der Waals surface area contributed by atoms with E-state index in [-0.39, 0.29) is 0 Å². The third-order valence-corrected chi connectivity index (χ3v) is 9.88. The second-order valence-electron chi connectivity index (χ2n) is 11.6. The molecular weight excluding hydrogens is 591 g/mol. The molecule has 0 radical (unpaired) electrons. The van der Waals surface area contributed by atoms with Crippen LogP contribution in [0.5, 0.6) is 0 Å². The summed E-state index contributed by atoms with van der Waals surface area (Å²) in [6.07, 6.45) is 0. The van der Waals surface area contributed by atoms with Gasteiger partial charge in [-0.15, -0.1) is 11.3 Å². The Morgan fingerprint density at radius 2 is 0.936 bits per heavy atom. The van der Waals surface area contributed by atoms with Crippen molar-refractivity contribution in [2.45, 2.75) is 0 Å². The summed E-state index contributed by atoms with van der Waals surface area (Å²) in [5, 5.41) is 4.95. The summed E-state index contributed by atoms with van der Waals surface area (Å²) < 4.78 is 2.50. The van der Waals surface area contributed by atoms with Crippen LogP contribution in [0.2, 0.25) is 0 Å². The molecule has 220 valence electrons. The van der Waals surface area contributed by atoms with Crippen molar-refractivity contribution in [3.05, 3.63) is 164 Å². The van der Waals surface area contributed by atoms with Gasteiger partial charge in [-0.1, -0.05) is 140 Å². The summed E-state index contributed by atoms with van der Waals surface area (Å²) in [6, 6.07) is 57.5. The SMILES string of the molecule is c1ccc(-c2nc(-c3ccccc3)nc(-c3ccc4sc5ccccc5c4c3-c3ccc(-c4ccc5ccccc5c4)cc3)n2)cc1. The predicted molar refractivity (Wildman–Crippen MR) is 197 cm³/mol. The molecule has 0 aliphatic rings. The number of hydrogen-bond acceptors (Lipinski definition) is 4. The van der Waals surface area contributed by atoms with Gasteiger partial charge in [0.1, 0.15) is 0 Å². The molecule has 0 saturated carbocycles. The second kappa shape index (κ2) is 11.4. The lowest BCUT2D eigenvalue weighted by Gasteiger charge is -2.14. The Bertz CT molecular complexity index is 2500. The Morgan fingerprint density at radius 1 is 0.362 bits per heavy atom. The number of rotatable bonds is 5. The van der Waals surface area contributed by atoms with Crippen molar-refractivity contribution in [1.82, 2.24) is 15.0 Å². The highest BCUT2D eigenvalue weighted by atomic mass is 32.1. The van der Waals surface area contributed by atoms with Gasteiger partial charge in [-0.2, -0.15) is 0 Å². The van der Waals surface area contributed by atoms with Crippen LogP contribution in [0.25, 0.3) is 87.4 Å². The zero-order valence-corrected chi connectivity index (χ0v) is 26.2. The van der Waals surface area contributed by atoms with Gasteiger partial charge in [0, 0.05) is 42.4 Å². The molecule has 9 rings (SSSR count). The summed E-state index contributed by atoms with van der Waals surface area (Å²) in [5.74, 6) is 1.97. The minimum Gasteiger partial charge on any atom is -0.208 e. The van der Waals surface area contributed by atoms with E-state index in [4.69, 9.17) is 15.0 Å². The van der Waals surface area contributed by atoms with Crippen LogP contribution < -0.4 is 0 Å². The van der Waals surface area contributed by atoms with Crippen molar-refractivity contribution < 1.29 is 0 Å². The van der Waals surface area contributed by atoms with Crippen LogP contribution in [0.15, 0.2) is 164 Å². The first-order valence-corrected chi connectivity index (χ1v) is 16.5. The van der Waals surface area contributed by atoms with E-state index in [9.17, 15) is 0 Å². The van der Waals surface area contributed by atoms with E-state index < -0.39 is 0 Å². The molecule has 0 atom stereocenters. The maximum absolute atomic E-state index is 5.13. The third-order valence-electron chi connectivity index (χ3n) is 8.74. The molecule has 0 fully saturated rings. The fraction of sp³-hybridized carbons (Fsp3) is 0. The lowest BCUT2D eigenvalue weighted by Crippen LogP contribution is -2.01. The third kappa shape index (κ3) is 4.96. The molecule has 0 unspecified atom stereocenters. The Hall–Kier alpha value is -5.97. The molecule has 0 N–H and O–H groups in total. The number of thiophene rings is 1. The first-order chi connectivity index (χ1) is 23.3. The molecule has 0 aliphatic heterocycles.